The lowest BCUT2D eigenvalue weighted by Gasteiger charge is -2.36. The minimum absolute atomic E-state index is 0.170. The van der Waals surface area contributed by atoms with E-state index >= 15 is 0 Å². The monoisotopic (exact) mass is 315 g/mol. The molecule has 0 amide bonds. The highest BCUT2D eigenvalue weighted by Gasteiger charge is 2.39. The lowest BCUT2D eigenvalue weighted by Crippen LogP contribution is -2.45. The second-order valence-electron chi connectivity index (χ2n) is 4.77. The van der Waals surface area contributed by atoms with Crippen LogP contribution in [0.2, 0.25) is 0 Å². The van der Waals surface area contributed by atoms with Gasteiger partial charge >= 0.3 is 0 Å². The second kappa shape index (κ2) is 5.63. The van der Waals surface area contributed by atoms with Crippen molar-refractivity contribution in [1.29, 1.82) is 0 Å². The van der Waals surface area contributed by atoms with E-state index in [1.807, 2.05) is 10.8 Å². The van der Waals surface area contributed by atoms with Gasteiger partial charge in [0.2, 0.25) is 0 Å². The van der Waals surface area contributed by atoms with E-state index < -0.39 is 0 Å². The first kappa shape index (κ1) is 13.2. The van der Waals surface area contributed by atoms with E-state index in [1.54, 1.807) is 11.3 Å². The van der Waals surface area contributed by atoms with Gasteiger partial charge in [0.05, 0.1) is 0 Å². The zero-order valence-electron chi connectivity index (χ0n) is 10.1. The molecular formula is C13H18BrNOS. The fourth-order valence-electron chi connectivity index (χ4n) is 2.70. The number of halogens is 1. The molecule has 2 rings (SSSR count). The first-order valence-corrected chi connectivity index (χ1v) is 7.90. The average Bonchev–Trinajstić information content (AvgIpc) is 2.76. The van der Waals surface area contributed by atoms with Crippen LogP contribution in [0.5, 0.6) is 0 Å². The van der Waals surface area contributed by atoms with Gasteiger partial charge in [-0.25, -0.2) is 0 Å². The Balaban J connectivity index is 2.27. The number of Topliss-reactive ketones (excluding diaryl/α,β-unsaturated/α-hetero) is 1. The predicted octanol–water partition coefficient (Wildman–Crippen LogP) is 3.86. The molecule has 0 aromatic carbocycles. The topological polar surface area (TPSA) is 29.1 Å². The summed E-state index contributed by atoms with van der Waals surface area (Å²) in [4.78, 5) is 12.7. The van der Waals surface area contributed by atoms with Crippen LogP contribution in [-0.4, -0.2) is 18.9 Å². The molecule has 1 atom stereocenters. The minimum atomic E-state index is -0.170. The van der Waals surface area contributed by atoms with Gasteiger partial charge in [-0.2, -0.15) is 11.3 Å². The molecule has 1 aliphatic heterocycles. The minimum Gasteiger partial charge on any atom is -0.316 e. The smallest absolute Gasteiger partial charge is 0.172 e. The number of nitrogens with one attached hydrogen (secondary N) is 1. The normalized spacial score (nSPS) is 24.8. The largest absolute Gasteiger partial charge is 0.316 e. The number of carbonyl (C=O) groups is 1. The van der Waals surface area contributed by atoms with Crippen molar-refractivity contribution in [2.24, 2.45) is 5.41 Å². The number of hydrogen-bond donors (Lipinski definition) is 1. The summed E-state index contributed by atoms with van der Waals surface area (Å²) in [5.41, 5.74) is 0.698. The van der Waals surface area contributed by atoms with Crippen LogP contribution in [0.1, 0.15) is 43.0 Å². The maximum Gasteiger partial charge on any atom is 0.172 e. The maximum atomic E-state index is 12.7. The Bertz CT molecular complexity index is 390. The zero-order chi connectivity index (χ0) is 12.3. The van der Waals surface area contributed by atoms with Gasteiger partial charge < -0.3 is 5.32 Å². The fourth-order valence-corrected chi connectivity index (χ4v) is 4.15. The Morgan fingerprint density at radius 3 is 2.94 bits per heavy atom. The average molecular weight is 316 g/mol. The van der Waals surface area contributed by atoms with Crippen LogP contribution in [0, 0.1) is 5.41 Å². The van der Waals surface area contributed by atoms with Crippen molar-refractivity contribution in [3.05, 3.63) is 20.8 Å². The quantitative estimate of drug-likeness (QED) is 0.855. The molecule has 17 heavy (non-hydrogen) atoms. The molecule has 1 aromatic heterocycles. The van der Waals surface area contributed by atoms with E-state index in [1.165, 1.54) is 0 Å². The van der Waals surface area contributed by atoms with Crippen molar-refractivity contribution in [2.45, 2.75) is 32.6 Å². The first-order chi connectivity index (χ1) is 8.19. The lowest BCUT2D eigenvalue weighted by atomic mass is 9.72. The summed E-state index contributed by atoms with van der Waals surface area (Å²) in [5.74, 6) is 0.319. The van der Waals surface area contributed by atoms with Crippen LogP contribution in [0.4, 0.5) is 0 Å². The summed E-state index contributed by atoms with van der Waals surface area (Å²) in [6.45, 7) is 4.04. The number of thiophene rings is 1. The van der Waals surface area contributed by atoms with E-state index in [0.717, 1.165) is 48.8 Å². The molecule has 1 saturated heterocycles. The molecule has 1 N–H and O–H groups in total. The molecule has 0 saturated carbocycles. The molecular weight excluding hydrogens is 298 g/mol. The molecule has 2 nitrogen and oxygen atoms in total. The summed E-state index contributed by atoms with van der Waals surface area (Å²) in [6.07, 6.45) is 4.18. The van der Waals surface area contributed by atoms with Gasteiger partial charge in [0.15, 0.2) is 5.78 Å². The zero-order valence-corrected chi connectivity index (χ0v) is 12.5. The van der Waals surface area contributed by atoms with Crippen LogP contribution in [0.15, 0.2) is 15.2 Å². The predicted molar refractivity (Wildman–Crippen MR) is 75.8 cm³/mol. The molecule has 0 radical (unpaired) electrons. The number of piperidine rings is 1. The number of ketones is 1. The standard InChI is InChI=1S/C13H18BrNOS/c1-2-4-13(5-3-6-15-9-13)12(16)10-7-17-8-11(10)14/h7-8,15H,2-6,9H2,1H3. The van der Waals surface area contributed by atoms with Gasteiger partial charge in [-0.3, -0.25) is 4.79 Å². The van der Waals surface area contributed by atoms with Crippen LogP contribution in [0.25, 0.3) is 0 Å². The molecule has 1 aromatic rings. The molecule has 1 aliphatic rings. The molecule has 1 fully saturated rings. The Morgan fingerprint density at radius 2 is 2.41 bits per heavy atom. The van der Waals surface area contributed by atoms with E-state index in [9.17, 15) is 4.79 Å². The summed E-state index contributed by atoms with van der Waals surface area (Å²) >= 11 is 5.07. The molecule has 0 aliphatic carbocycles. The van der Waals surface area contributed by atoms with Crippen LogP contribution < -0.4 is 5.32 Å². The molecule has 0 bridgehead atoms. The van der Waals surface area contributed by atoms with Crippen molar-refractivity contribution in [3.63, 3.8) is 0 Å². The molecule has 0 spiro atoms. The van der Waals surface area contributed by atoms with E-state index in [4.69, 9.17) is 0 Å². The van der Waals surface area contributed by atoms with E-state index in [0.29, 0.717) is 5.78 Å². The molecule has 2 heterocycles. The third-order valence-corrected chi connectivity index (χ3v) is 5.24. The number of rotatable bonds is 4. The van der Waals surface area contributed by atoms with Gasteiger partial charge in [-0.15, -0.1) is 0 Å². The van der Waals surface area contributed by atoms with Crippen molar-refractivity contribution in [1.82, 2.24) is 5.32 Å². The van der Waals surface area contributed by atoms with Crippen LogP contribution >= 0.6 is 27.3 Å². The van der Waals surface area contributed by atoms with Crippen molar-refractivity contribution in [2.75, 3.05) is 13.1 Å². The maximum absolute atomic E-state index is 12.7. The summed E-state index contributed by atoms with van der Waals surface area (Å²) < 4.78 is 0.952. The highest BCUT2D eigenvalue weighted by atomic mass is 79.9. The summed E-state index contributed by atoms with van der Waals surface area (Å²) in [6, 6.07) is 0. The molecule has 4 heteroatoms. The lowest BCUT2D eigenvalue weighted by molar-refractivity contribution is 0.0717. The van der Waals surface area contributed by atoms with Gasteiger partial charge in [0.25, 0.3) is 0 Å². The van der Waals surface area contributed by atoms with Gasteiger partial charge in [0.1, 0.15) is 0 Å². The Kier molecular flexibility index (Phi) is 4.39. The van der Waals surface area contributed by atoms with Gasteiger partial charge in [-0.1, -0.05) is 13.3 Å². The third kappa shape index (κ3) is 2.64. The van der Waals surface area contributed by atoms with Crippen molar-refractivity contribution < 1.29 is 4.79 Å². The molecule has 1 unspecified atom stereocenters. The van der Waals surface area contributed by atoms with E-state index in [-0.39, 0.29) is 5.41 Å². The highest BCUT2D eigenvalue weighted by molar-refractivity contribution is 9.10. The third-order valence-electron chi connectivity index (χ3n) is 3.54. The van der Waals surface area contributed by atoms with Gasteiger partial charge in [-0.05, 0) is 41.7 Å². The second-order valence-corrected chi connectivity index (χ2v) is 6.37. The van der Waals surface area contributed by atoms with Crippen LogP contribution in [0.3, 0.4) is 0 Å². The van der Waals surface area contributed by atoms with Crippen molar-refractivity contribution >= 4 is 33.0 Å². The Labute approximate surface area is 115 Å². The highest BCUT2D eigenvalue weighted by Crippen LogP contribution is 2.37. The van der Waals surface area contributed by atoms with E-state index in [2.05, 4.69) is 28.2 Å². The SMILES string of the molecule is CCCC1(C(=O)c2cscc2Br)CCCNC1. The Hall–Kier alpha value is -0.190. The van der Waals surface area contributed by atoms with Crippen molar-refractivity contribution in [3.8, 4) is 0 Å². The first-order valence-electron chi connectivity index (χ1n) is 6.17. The summed E-state index contributed by atoms with van der Waals surface area (Å²) in [5, 5.41) is 7.35. The Morgan fingerprint density at radius 1 is 1.59 bits per heavy atom. The van der Waals surface area contributed by atoms with Gasteiger partial charge in [0, 0.05) is 32.8 Å². The van der Waals surface area contributed by atoms with Crippen LogP contribution in [-0.2, 0) is 0 Å². The summed E-state index contributed by atoms with van der Waals surface area (Å²) in [7, 11) is 0. The number of carbonyl (C=O) groups excluding carboxylic acids is 1. The molecule has 94 valence electrons. The fraction of sp³-hybridized carbons (Fsp3) is 0.615. The number of hydrogen-bond acceptors (Lipinski definition) is 3.